The highest BCUT2D eigenvalue weighted by molar-refractivity contribution is 9.10. The van der Waals surface area contributed by atoms with Crippen LogP contribution in [0, 0.1) is 0 Å². The highest BCUT2D eigenvalue weighted by atomic mass is 79.9. The van der Waals surface area contributed by atoms with Gasteiger partial charge in [-0.1, -0.05) is 34.5 Å². The fourth-order valence-electron chi connectivity index (χ4n) is 2.59. The van der Waals surface area contributed by atoms with Crippen molar-refractivity contribution < 1.29 is 4.74 Å². The Hall–Kier alpha value is -1.56. The van der Waals surface area contributed by atoms with E-state index in [1.165, 1.54) is 5.56 Å². The minimum atomic E-state index is 0.527. The molecule has 0 fully saturated rings. The molecule has 0 spiro atoms. The number of hydrogen-bond acceptors (Lipinski definition) is 4. The average molecular weight is 337 g/mol. The van der Waals surface area contributed by atoms with Gasteiger partial charge in [-0.25, -0.2) is 4.68 Å². The van der Waals surface area contributed by atoms with Crippen molar-refractivity contribution in [1.82, 2.24) is 15.0 Å². The molecule has 0 saturated heterocycles. The van der Waals surface area contributed by atoms with Gasteiger partial charge in [0.05, 0.1) is 18.8 Å². The van der Waals surface area contributed by atoms with Gasteiger partial charge in [-0.15, -0.1) is 5.10 Å². The van der Waals surface area contributed by atoms with E-state index in [0.29, 0.717) is 12.4 Å². The number of anilines is 1. The van der Waals surface area contributed by atoms with Crippen molar-refractivity contribution >= 4 is 21.7 Å². The van der Waals surface area contributed by atoms with Crippen molar-refractivity contribution in [2.45, 2.75) is 32.7 Å². The molecule has 6 heteroatoms. The summed E-state index contributed by atoms with van der Waals surface area (Å²) in [6.45, 7) is 3.51. The van der Waals surface area contributed by atoms with Crippen LogP contribution in [0.2, 0.25) is 0 Å². The Bertz CT molecular complexity index is 638. The Balaban J connectivity index is 1.96. The van der Waals surface area contributed by atoms with Crippen LogP contribution >= 0.6 is 15.9 Å². The number of benzene rings is 1. The summed E-state index contributed by atoms with van der Waals surface area (Å²) >= 11 is 3.56. The van der Waals surface area contributed by atoms with E-state index in [2.05, 4.69) is 45.3 Å². The molecule has 1 aromatic carbocycles. The first-order chi connectivity index (χ1) is 9.69. The lowest BCUT2D eigenvalue weighted by Crippen LogP contribution is -2.08. The molecular formula is C14H17BrN4O. The van der Waals surface area contributed by atoms with Crippen molar-refractivity contribution in [3.63, 3.8) is 0 Å². The van der Waals surface area contributed by atoms with Crippen LogP contribution in [0.5, 0.6) is 5.75 Å². The fourth-order valence-corrected chi connectivity index (χ4v) is 3.14. The topological polar surface area (TPSA) is 66.0 Å². The molecular weight excluding hydrogens is 320 g/mol. The lowest BCUT2D eigenvalue weighted by molar-refractivity contribution is 0.352. The zero-order valence-corrected chi connectivity index (χ0v) is 13.0. The zero-order chi connectivity index (χ0) is 14.1. The molecule has 2 heterocycles. The van der Waals surface area contributed by atoms with Crippen molar-refractivity contribution in [1.29, 1.82) is 0 Å². The van der Waals surface area contributed by atoms with Crippen LogP contribution in [0.4, 0.5) is 5.82 Å². The Morgan fingerprint density at radius 3 is 3.10 bits per heavy atom. The van der Waals surface area contributed by atoms with E-state index in [1.807, 2.05) is 4.68 Å². The molecule has 0 amide bonds. The molecule has 0 saturated carbocycles. The zero-order valence-electron chi connectivity index (χ0n) is 11.4. The number of nitrogens with zero attached hydrogens (tertiary/aromatic N) is 3. The van der Waals surface area contributed by atoms with Gasteiger partial charge in [-0.3, -0.25) is 0 Å². The predicted molar refractivity (Wildman–Crippen MR) is 80.9 cm³/mol. The number of nitrogen functional groups attached to an aromatic ring is 1. The second-order valence-electron chi connectivity index (χ2n) is 4.98. The first-order valence-electron chi connectivity index (χ1n) is 6.81. The smallest absolute Gasteiger partial charge is 0.169 e. The molecule has 5 nitrogen and oxygen atoms in total. The van der Waals surface area contributed by atoms with Crippen molar-refractivity contribution in [3.8, 4) is 5.75 Å². The summed E-state index contributed by atoms with van der Waals surface area (Å²) in [5, 5.41) is 8.14. The maximum Gasteiger partial charge on any atom is 0.169 e. The normalized spacial score (nSPS) is 13.3. The molecule has 0 radical (unpaired) electrons. The summed E-state index contributed by atoms with van der Waals surface area (Å²) in [5.41, 5.74) is 9.26. The summed E-state index contributed by atoms with van der Waals surface area (Å²) in [7, 11) is 0. The van der Waals surface area contributed by atoms with E-state index in [4.69, 9.17) is 10.5 Å². The van der Waals surface area contributed by atoms with E-state index in [9.17, 15) is 0 Å². The third kappa shape index (κ3) is 2.40. The molecule has 2 aromatic rings. The number of fused-ring (bicyclic) bond motifs is 1. The van der Waals surface area contributed by atoms with E-state index < -0.39 is 0 Å². The predicted octanol–water partition coefficient (Wildman–Crippen LogP) is 2.56. The third-order valence-electron chi connectivity index (χ3n) is 3.50. The van der Waals surface area contributed by atoms with E-state index in [0.717, 1.165) is 47.3 Å². The first-order valence-corrected chi connectivity index (χ1v) is 7.60. The molecule has 0 atom stereocenters. The van der Waals surface area contributed by atoms with Crippen LogP contribution in [0.1, 0.15) is 30.2 Å². The first kappa shape index (κ1) is 13.4. The monoisotopic (exact) mass is 336 g/mol. The van der Waals surface area contributed by atoms with E-state index >= 15 is 0 Å². The Morgan fingerprint density at radius 1 is 1.45 bits per heavy atom. The standard InChI is InChI=1S/C14H17BrN4O/c1-2-3-12-14(16)17-18-19(12)8-10-7-11(15)6-9-4-5-20-13(9)10/h6-7H,2-5,8,16H2,1H3. The summed E-state index contributed by atoms with van der Waals surface area (Å²) in [5.74, 6) is 1.52. The van der Waals surface area contributed by atoms with Gasteiger partial charge in [-0.05, 0) is 24.1 Å². The molecule has 2 N–H and O–H groups in total. The van der Waals surface area contributed by atoms with Crippen LogP contribution in [0.25, 0.3) is 0 Å². The SMILES string of the molecule is CCCc1c(N)nnn1Cc1cc(Br)cc2c1OCC2. The van der Waals surface area contributed by atoms with Gasteiger partial charge >= 0.3 is 0 Å². The number of ether oxygens (including phenoxy) is 1. The largest absolute Gasteiger partial charge is 0.493 e. The Kier molecular flexibility index (Phi) is 3.65. The minimum Gasteiger partial charge on any atom is -0.493 e. The highest BCUT2D eigenvalue weighted by Gasteiger charge is 2.19. The number of hydrogen-bond donors (Lipinski definition) is 1. The Morgan fingerprint density at radius 2 is 2.30 bits per heavy atom. The molecule has 106 valence electrons. The molecule has 1 aromatic heterocycles. The van der Waals surface area contributed by atoms with E-state index in [-0.39, 0.29) is 0 Å². The van der Waals surface area contributed by atoms with Crippen molar-refractivity contribution in [3.05, 3.63) is 33.4 Å². The van der Waals surface area contributed by atoms with Gasteiger partial charge in [0.25, 0.3) is 0 Å². The van der Waals surface area contributed by atoms with E-state index in [1.54, 1.807) is 0 Å². The van der Waals surface area contributed by atoms with Crippen molar-refractivity contribution in [2.75, 3.05) is 12.3 Å². The van der Waals surface area contributed by atoms with Crippen LogP contribution < -0.4 is 10.5 Å². The maximum atomic E-state index is 5.89. The lowest BCUT2D eigenvalue weighted by Gasteiger charge is -2.11. The number of rotatable bonds is 4. The average Bonchev–Trinajstić information content (AvgIpc) is 3.00. The lowest BCUT2D eigenvalue weighted by atomic mass is 10.1. The summed E-state index contributed by atoms with van der Waals surface area (Å²) in [6, 6.07) is 4.20. The van der Waals surface area contributed by atoms with Gasteiger partial charge in [0.2, 0.25) is 0 Å². The van der Waals surface area contributed by atoms with Crippen molar-refractivity contribution in [2.24, 2.45) is 0 Å². The minimum absolute atomic E-state index is 0.527. The quantitative estimate of drug-likeness (QED) is 0.931. The van der Waals surface area contributed by atoms with Crippen LogP contribution in [0.15, 0.2) is 16.6 Å². The summed E-state index contributed by atoms with van der Waals surface area (Å²) < 4.78 is 8.70. The van der Waals surface area contributed by atoms with Gasteiger partial charge in [0.15, 0.2) is 5.82 Å². The Labute approximate surface area is 126 Å². The molecule has 1 aliphatic heterocycles. The second kappa shape index (κ2) is 5.44. The maximum absolute atomic E-state index is 5.89. The summed E-state index contributed by atoms with van der Waals surface area (Å²) in [6.07, 6.45) is 2.86. The van der Waals surface area contributed by atoms with Gasteiger partial charge in [0, 0.05) is 16.5 Å². The molecule has 1 aliphatic rings. The number of halogens is 1. The van der Waals surface area contributed by atoms with Gasteiger partial charge in [-0.2, -0.15) is 0 Å². The van der Waals surface area contributed by atoms with Gasteiger partial charge < -0.3 is 10.5 Å². The van der Waals surface area contributed by atoms with Crippen LogP contribution in [-0.2, 0) is 19.4 Å². The number of aromatic nitrogens is 3. The third-order valence-corrected chi connectivity index (χ3v) is 3.96. The second-order valence-corrected chi connectivity index (χ2v) is 5.90. The number of nitrogens with two attached hydrogens (primary N) is 1. The summed E-state index contributed by atoms with van der Waals surface area (Å²) in [4.78, 5) is 0. The molecule has 0 aliphatic carbocycles. The fraction of sp³-hybridized carbons (Fsp3) is 0.429. The molecule has 0 unspecified atom stereocenters. The van der Waals surface area contributed by atoms with Crippen LogP contribution in [-0.4, -0.2) is 21.6 Å². The highest BCUT2D eigenvalue weighted by Crippen LogP contribution is 2.33. The molecule has 3 rings (SSSR count). The molecule has 0 bridgehead atoms. The molecule has 20 heavy (non-hydrogen) atoms. The van der Waals surface area contributed by atoms with Crippen LogP contribution in [0.3, 0.4) is 0 Å². The van der Waals surface area contributed by atoms with Gasteiger partial charge in [0.1, 0.15) is 5.75 Å².